The highest BCUT2D eigenvalue weighted by Crippen LogP contribution is 2.37. The summed E-state index contributed by atoms with van der Waals surface area (Å²) >= 11 is 0. The van der Waals surface area contributed by atoms with E-state index in [2.05, 4.69) is 22.4 Å². The lowest BCUT2D eigenvalue weighted by Crippen LogP contribution is -2.03. The molecule has 4 nitrogen and oxygen atoms in total. The smallest absolute Gasteiger partial charge is 0.256 e. The van der Waals surface area contributed by atoms with Crippen molar-refractivity contribution < 1.29 is 9.53 Å². The molecule has 4 heteroatoms. The number of rotatable bonds is 3. The van der Waals surface area contributed by atoms with Crippen molar-refractivity contribution in [3.8, 4) is 16.9 Å². The average molecular weight is 370 g/mol. The molecule has 0 atom stereocenters. The van der Waals surface area contributed by atoms with Crippen molar-refractivity contribution in [3.05, 3.63) is 71.0 Å². The summed E-state index contributed by atoms with van der Waals surface area (Å²) in [6.07, 6.45) is 6.70. The van der Waals surface area contributed by atoms with Gasteiger partial charge in [0, 0.05) is 22.6 Å². The molecule has 0 unspecified atom stereocenters. The first-order chi connectivity index (χ1) is 13.7. The van der Waals surface area contributed by atoms with Crippen LogP contribution in [-0.2, 0) is 17.6 Å². The van der Waals surface area contributed by atoms with Crippen molar-refractivity contribution in [1.29, 1.82) is 0 Å². The lowest BCUT2D eigenvalue weighted by molar-refractivity contribution is -0.110. The van der Waals surface area contributed by atoms with Crippen LogP contribution in [0.3, 0.4) is 0 Å². The largest absolute Gasteiger partial charge is 0.497 e. The van der Waals surface area contributed by atoms with E-state index in [0.29, 0.717) is 0 Å². The van der Waals surface area contributed by atoms with Gasteiger partial charge in [-0.2, -0.15) is 0 Å². The van der Waals surface area contributed by atoms with E-state index < -0.39 is 0 Å². The highest BCUT2D eigenvalue weighted by atomic mass is 16.5. The summed E-state index contributed by atoms with van der Waals surface area (Å²) in [5, 5.41) is 3.02. The van der Waals surface area contributed by atoms with E-state index in [-0.39, 0.29) is 5.91 Å². The van der Waals surface area contributed by atoms with Crippen LogP contribution >= 0.6 is 0 Å². The minimum atomic E-state index is -0.0468. The Labute approximate surface area is 164 Å². The number of aromatic nitrogens is 1. The summed E-state index contributed by atoms with van der Waals surface area (Å²) in [5.74, 6) is 0.784. The van der Waals surface area contributed by atoms with Crippen molar-refractivity contribution in [2.45, 2.75) is 25.7 Å². The van der Waals surface area contributed by atoms with Gasteiger partial charge in [0.25, 0.3) is 5.91 Å². The van der Waals surface area contributed by atoms with Gasteiger partial charge in [-0.05, 0) is 72.7 Å². The molecular weight excluding hydrogens is 348 g/mol. The standard InChI is InChI=1S/C24H22N2O2/c1-28-19-9-6-15(7-10-19)16-8-11-20-21(24(27)26-23(20)13-16)14-18-12-17-4-2-3-5-22(17)25-18/h6-14,25H,2-5H2,1H3,(H,26,27). The number of benzene rings is 2. The molecule has 1 aromatic heterocycles. The van der Waals surface area contributed by atoms with E-state index in [1.54, 1.807) is 7.11 Å². The summed E-state index contributed by atoms with van der Waals surface area (Å²) in [7, 11) is 1.66. The van der Waals surface area contributed by atoms with E-state index in [9.17, 15) is 4.79 Å². The predicted octanol–water partition coefficient (Wildman–Crippen LogP) is 5.06. The summed E-state index contributed by atoms with van der Waals surface area (Å²) in [6, 6.07) is 16.3. The Hall–Kier alpha value is -3.27. The quantitative estimate of drug-likeness (QED) is 0.633. The number of H-pyrrole nitrogens is 1. The third-order valence-corrected chi connectivity index (χ3v) is 5.66. The van der Waals surface area contributed by atoms with E-state index >= 15 is 0 Å². The van der Waals surface area contributed by atoms with Gasteiger partial charge in [-0.1, -0.05) is 24.3 Å². The summed E-state index contributed by atoms with van der Waals surface area (Å²) in [6.45, 7) is 0. The molecule has 2 aliphatic rings. The number of carbonyl (C=O) groups is 1. The second-order valence-corrected chi connectivity index (χ2v) is 7.44. The molecule has 1 amide bonds. The molecule has 1 aliphatic heterocycles. The Balaban J connectivity index is 1.48. The zero-order valence-corrected chi connectivity index (χ0v) is 15.8. The summed E-state index contributed by atoms with van der Waals surface area (Å²) < 4.78 is 5.23. The number of aromatic amines is 1. The third-order valence-electron chi connectivity index (χ3n) is 5.66. The van der Waals surface area contributed by atoms with Crippen LogP contribution in [0.4, 0.5) is 5.69 Å². The SMILES string of the molecule is COc1ccc(-c2ccc3c(c2)NC(=O)C3=Cc2cc3c([nH]2)CCCC3)cc1. The monoisotopic (exact) mass is 370 g/mol. The van der Waals surface area contributed by atoms with Gasteiger partial charge >= 0.3 is 0 Å². The molecule has 2 N–H and O–H groups in total. The maximum Gasteiger partial charge on any atom is 0.256 e. The molecule has 0 saturated heterocycles. The van der Waals surface area contributed by atoms with Crippen LogP contribution in [0.5, 0.6) is 5.75 Å². The van der Waals surface area contributed by atoms with Gasteiger partial charge < -0.3 is 15.0 Å². The first-order valence-electron chi connectivity index (χ1n) is 9.74. The topological polar surface area (TPSA) is 54.1 Å². The van der Waals surface area contributed by atoms with Gasteiger partial charge in [-0.25, -0.2) is 0 Å². The lowest BCUT2D eigenvalue weighted by atomic mass is 9.98. The third kappa shape index (κ3) is 2.91. The van der Waals surface area contributed by atoms with Gasteiger partial charge in [0.1, 0.15) is 5.75 Å². The number of nitrogens with one attached hydrogen (secondary N) is 2. The molecule has 0 radical (unpaired) electrons. The van der Waals surface area contributed by atoms with Crippen molar-refractivity contribution in [2.24, 2.45) is 0 Å². The molecule has 0 fully saturated rings. The Morgan fingerprint density at radius 2 is 1.75 bits per heavy atom. The Morgan fingerprint density at radius 3 is 2.54 bits per heavy atom. The van der Waals surface area contributed by atoms with Gasteiger partial charge in [0.05, 0.1) is 12.7 Å². The van der Waals surface area contributed by atoms with Crippen LogP contribution in [0, 0.1) is 0 Å². The van der Waals surface area contributed by atoms with E-state index in [4.69, 9.17) is 4.74 Å². The van der Waals surface area contributed by atoms with Crippen LogP contribution in [0.1, 0.15) is 35.4 Å². The summed E-state index contributed by atoms with van der Waals surface area (Å²) in [5.41, 5.74) is 8.43. The van der Waals surface area contributed by atoms with Crippen molar-refractivity contribution in [3.63, 3.8) is 0 Å². The fourth-order valence-corrected chi connectivity index (χ4v) is 4.16. The fraction of sp³-hybridized carbons (Fsp3) is 0.208. The van der Waals surface area contributed by atoms with Crippen molar-refractivity contribution in [1.82, 2.24) is 4.98 Å². The number of methoxy groups -OCH3 is 1. The van der Waals surface area contributed by atoms with E-state index in [1.807, 2.05) is 42.5 Å². The second kappa shape index (κ2) is 6.71. The normalized spacial score (nSPS) is 16.6. The van der Waals surface area contributed by atoms with Crippen molar-refractivity contribution >= 4 is 23.2 Å². The van der Waals surface area contributed by atoms with E-state index in [1.165, 1.54) is 24.1 Å². The number of fused-ring (bicyclic) bond motifs is 2. The number of aryl methyl sites for hydroxylation is 2. The van der Waals surface area contributed by atoms with Crippen LogP contribution in [0.25, 0.3) is 22.8 Å². The predicted molar refractivity (Wildman–Crippen MR) is 112 cm³/mol. The van der Waals surface area contributed by atoms with Gasteiger partial charge in [-0.15, -0.1) is 0 Å². The zero-order chi connectivity index (χ0) is 19.1. The fourth-order valence-electron chi connectivity index (χ4n) is 4.16. The summed E-state index contributed by atoms with van der Waals surface area (Å²) in [4.78, 5) is 16.1. The highest BCUT2D eigenvalue weighted by molar-refractivity contribution is 6.35. The molecule has 140 valence electrons. The van der Waals surface area contributed by atoms with Gasteiger partial charge in [0.2, 0.25) is 0 Å². The van der Waals surface area contributed by atoms with Gasteiger partial charge in [0.15, 0.2) is 0 Å². The lowest BCUT2D eigenvalue weighted by Gasteiger charge is -2.08. The molecule has 5 rings (SSSR count). The second-order valence-electron chi connectivity index (χ2n) is 7.44. The molecular formula is C24H22N2O2. The number of carbonyl (C=O) groups excluding carboxylic acids is 1. The maximum atomic E-state index is 12.6. The Bertz CT molecular complexity index is 1070. The average Bonchev–Trinajstić information content (AvgIpc) is 3.28. The number of hydrogen-bond acceptors (Lipinski definition) is 2. The number of ether oxygens (including phenoxy) is 1. The minimum Gasteiger partial charge on any atom is -0.497 e. The van der Waals surface area contributed by atoms with Crippen LogP contribution in [0.15, 0.2) is 48.5 Å². The molecule has 2 heterocycles. The molecule has 0 spiro atoms. The number of anilines is 1. The van der Waals surface area contributed by atoms with Crippen LogP contribution in [0.2, 0.25) is 0 Å². The molecule has 0 saturated carbocycles. The number of hydrogen-bond donors (Lipinski definition) is 2. The molecule has 2 aromatic carbocycles. The number of amides is 1. The van der Waals surface area contributed by atoms with Crippen LogP contribution in [-0.4, -0.2) is 18.0 Å². The van der Waals surface area contributed by atoms with E-state index in [0.717, 1.165) is 52.2 Å². The maximum absolute atomic E-state index is 12.6. The van der Waals surface area contributed by atoms with Crippen molar-refractivity contribution in [2.75, 3.05) is 12.4 Å². The highest BCUT2D eigenvalue weighted by Gasteiger charge is 2.25. The Morgan fingerprint density at radius 1 is 0.964 bits per heavy atom. The molecule has 1 aliphatic carbocycles. The molecule has 3 aromatic rings. The first-order valence-corrected chi connectivity index (χ1v) is 9.74. The van der Waals surface area contributed by atoms with Gasteiger partial charge in [-0.3, -0.25) is 4.79 Å². The molecule has 0 bridgehead atoms. The zero-order valence-electron chi connectivity index (χ0n) is 15.8. The minimum absolute atomic E-state index is 0.0468. The Kier molecular flexibility index (Phi) is 4.05. The first kappa shape index (κ1) is 16.9. The van der Waals surface area contributed by atoms with Crippen LogP contribution < -0.4 is 10.1 Å². The molecule has 28 heavy (non-hydrogen) atoms.